The number of hydrogen-bond acceptors (Lipinski definition) is 15. The van der Waals surface area contributed by atoms with E-state index in [1.54, 1.807) is 6.92 Å². The lowest BCUT2D eigenvalue weighted by molar-refractivity contribution is -0.337. The highest BCUT2D eigenvalue weighted by Gasteiger charge is 2.62. The van der Waals surface area contributed by atoms with Gasteiger partial charge in [0.25, 0.3) is 0 Å². The van der Waals surface area contributed by atoms with Gasteiger partial charge in [0.15, 0.2) is 12.6 Å². The van der Waals surface area contributed by atoms with E-state index < -0.39 is 92.2 Å². The fraction of sp³-hybridized carbons (Fsp3) is 0.875. The van der Waals surface area contributed by atoms with Crippen molar-refractivity contribution in [2.75, 3.05) is 19.8 Å². The van der Waals surface area contributed by atoms with Crippen LogP contribution >= 0.6 is 0 Å². The summed E-state index contributed by atoms with van der Waals surface area (Å²) in [5, 5.41) is 94.2. The summed E-state index contributed by atoms with van der Waals surface area (Å²) < 4.78 is 29.0. The van der Waals surface area contributed by atoms with Crippen molar-refractivity contribution in [3.63, 3.8) is 0 Å². The van der Waals surface area contributed by atoms with Crippen LogP contribution in [0.15, 0.2) is 22.8 Å². The van der Waals surface area contributed by atoms with Crippen LogP contribution in [0.5, 0.6) is 0 Å². The van der Waals surface area contributed by atoms with E-state index in [-0.39, 0.29) is 42.4 Å². The summed E-state index contributed by atoms with van der Waals surface area (Å²) in [6.07, 6.45) is -8.19. The number of allylic oxidation sites excluding steroid dienone is 1. The van der Waals surface area contributed by atoms with Crippen molar-refractivity contribution in [3.8, 4) is 0 Å². The molecule has 0 aromatic carbocycles. The summed E-state index contributed by atoms with van der Waals surface area (Å²) in [7, 11) is 0. The largest absolute Gasteiger partial charge is 0.458 e. The second-order valence-electron chi connectivity index (χ2n) is 18.0. The van der Waals surface area contributed by atoms with E-state index in [4.69, 9.17) is 23.7 Å². The Bertz CT molecular complexity index is 1470. The fourth-order valence-corrected chi connectivity index (χ4v) is 12.0. The van der Waals surface area contributed by atoms with Crippen molar-refractivity contribution >= 4 is 5.97 Å². The summed E-state index contributed by atoms with van der Waals surface area (Å²) in [5.74, 6) is 1.26. The Morgan fingerprint density at radius 3 is 2.22 bits per heavy atom. The SMILES string of the molecule is CC1=C(CO)C[C@@H]([C@H](C)[C@@H]2CC[C@@H]3[C@H]4CC=C5C[C@@H](O[C@H]6O[C@@H](CO[C@@H]7O[C@H](CO)[C@H](O)[C@H](O)[C@@H]7O)[C@H](O)[C@@H](O)[C@@H]6O)C[C@@H](O)[C@@]5(C)[C@@H]4CC[C@]32C)OC1=O. The van der Waals surface area contributed by atoms with Gasteiger partial charge in [0.2, 0.25) is 0 Å². The molecule has 0 spiro atoms. The van der Waals surface area contributed by atoms with Gasteiger partial charge >= 0.3 is 5.97 Å². The smallest absolute Gasteiger partial charge is 0.334 e. The average Bonchev–Trinajstić information content (AvgIpc) is 3.52. The van der Waals surface area contributed by atoms with E-state index in [0.717, 1.165) is 43.3 Å². The maximum absolute atomic E-state index is 12.7. The number of aliphatic hydroxyl groups excluding tert-OH is 9. The Balaban J connectivity index is 1.00. The molecule has 3 heterocycles. The lowest BCUT2D eigenvalue weighted by Gasteiger charge is -2.60. The Kier molecular flexibility index (Phi) is 12.0. The van der Waals surface area contributed by atoms with E-state index in [2.05, 4.69) is 26.8 Å². The van der Waals surface area contributed by atoms with E-state index in [9.17, 15) is 50.8 Å². The van der Waals surface area contributed by atoms with Gasteiger partial charge in [-0.05, 0) is 86.0 Å². The number of aliphatic hydroxyl groups is 9. The number of cyclic esters (lactones) is 1. The van der Waals surface area contributed by atoms with Crippen LogP contribution in [0.4, 0.5) is 0 Å². The number of rotatable bonds is 9. The molecule has 15 heteroatoms. The van der Waals surface area contributed by atoms with Gasteiger partial charge in [-0.15, -0.1) is 0 Å². The summed E-state index contributed by atoms with van der Waals surface area (Å²) >= 11 is 0. The van der Waals surface area contributed by atoms with Crippen LogP contribution in [0, 0.1) is 40.4 Å². The highest BCUT2D eigenvalue weighted by atomic mass is 16.7. The Hall–Kier alpha value is -1.57. The van der Waals surface area contributed by atoms with Crippen LogP contribution < -0.4 is 0 Å². The average molecular weight is 783 g/mol. The third-order valence-corrected chi connectivity index (χ3v) is 15.5. The summed E-state index contributed by atoms with van der Waals surface area (Å²) in [6.45, 7) is 7.25. The molecule has 0 amide bonds. The second kappa shape index (κ2) is 15.9. The first-order valence-corrected chi connectivity index (χ1v) is 20.2. The molecule has 7 aliphatic rings. The second-order valence-corrected chi connectivity index (χ2v) is 18.0. The van der Waals surface area contributed by atoms with E-state index in [1.165, 1.54) is 0 Å². The van der Waals surface area contributed by atoms with Crippen molar-refractivity contribution in [2.45, 2.75) is 159 Å². The molecule has 15 nitrogen and oxygen atoms in total. The molecule has 4 aliphatic carbocycles. The first-order chi connectivity index (χ1) is 26.0. The molecule has 7 rings (SSSR count). The van der Waals surface area contributed by atoms with Crippen LogP contribution in [0.25, 0.3) is 0 Å². The zero-order chi connectivity index (χ0) is 39.7. The lowest BCUT2D eigenvalue weighted by atomic mass is 9.46. The zero-order valence-electron chi connectivity index (χ0n) is 32.2. The highest BCUT2D eigenvalue weighted by Crippen LogP contribution is 2.67. The van der Waals surface area contributed by atoms with Gasteiger partial charge in [0.05, 0.1) is 32.0 Å². The summed E-state index contributed by atoms with van der Waals surface area (Å²) in [4.78, 5) is 12.7. The van der Waals surface area contributed by atoms with Gasteiger partial charge in [0.1, 0.15) is 54.9 Å². The molecule has 0 aromatic rings. The van der Waals surface area contributed by atoms with Gasteiger partial charge < -0.3 is 69.6 Å². The predicted octanol–water partition coefficient (Wildman–Crippen LogP) is -0.194. The van der Waals surface area contributed by atoms with Crippen LogP contribution in [0.3, 0.4) is 0 Å². The molecule has 0 unspecified atom stereocenters. The number of ether oxygens (including phenoxy) is 5. The number of fused-ring (bicyclic) bond motifs is 5. The first kappa shape index (κ1) is 41.6. The molecular weight excluding hydrogens is 720 g/mol. The van der Waals surface area contributed by atoms with Gasteiger partial charge in [-0.1, -0.05) is 32.4 Å². The highest BCUT2D eigenvalue weighted by molar-refractivity contribution is 5.89. The summed E-state index contributed by atoms with van der Waals surface area (Å²) in [6, 6.07) is 0. The standard InChI is InChI=1S/C40H62O15/c1-17-19(14-41)11-26(53-36(17)50)18(2)23-7-8-24-22-6-5-20-12-21(13-29(43)40(20,4)25(22)9-10-39(23,24)3)52-38-35(49)33(47)31(45)28(55-38)16-51-37-34(48)32(46)30(44)27(15-42)54-37/h5,18,21-35,37-38,41-49H,6-16H2,1-4H3/t18-,21-,22-,23+,24-,25-,26+,27-,28+,29-,30+,31+,32+,33-,34+,35+,37-,38+,39+,40-/m1/s1. The van der Waals surface area contributed by atoms with Crippen molar-refractivity contribution < 1.29 is 74.4 Å². The van der Waals surface area contributed by atoms with Crippen LogP contribution in [0.2, 0.25) is 0 Å². The molecule has 0 bridgehead atoms. The Labute approximate surface area is 321 Å². The minimum atomic E-state index is -1.68. The molecule has 0 aromatic heterocycles. The molecule has 9 N–H and O–H groups in total. The number of hydrogen-bond donors (Lipinski definition) is 9. The van der Waals surface area contributed by atoms with Crippen molar-refractivity contribution in [2.24, 2.45) is 40.4 Å². The third kappa shape index (κ3) is 7.06. The van der Waals surface area contributed by atoms with Gasteiger partial charge in [0, 0.05) is 23.8 Å². The number of esters is 1. The molecule has 0 radical (unpaired) electrons. The van der Waals surface area contributed by atoms with E-state index in [1.807, 2.05) is 0 Å². The normalized spacial score (nSPS) is 50.7. The predicted molar refractivity (Wildman–Crippen MR) is 191 cm³/mol. The molecule has 20 atom stereocenters. The number of carbonyl (C=O) groups excluding carboxylic acids is 1. The molecule has 55 heavy (non-hydrogen) atoms. The molecule has 3 saturated carbocycles. The Morgan fingerprint density at radius 1 is 0.855 bits per heavy atom. The maximum Gasteiger partial charge on any atom is 0.334 e. The molecule has 2 saturated heterocycles. The van der Waals surface area contributed by atoms with Crippen LogP contribution in [0.1, 0.15) is 79.1 Å². The minimum Gasteiger partial charge on any atom is -0.458 e. The van der Waals surface area contributed by atoms with Crippen molar-refractivity contribution in [1.29, 1.82) is 0 Å². The molecule has 312 valence electrons. The van der Waals surface area contributed by atoms with Crippen LogP contribution in [-0.4, -0.2) is 151 Å². The monoisotopic (exact) mass is 782 g/mol. The van der Waals surface area contributed by atoms with E-state index >= 15 is 0 Å². The van der Waals surface area contributed by atoms with Crippen molar-refractivity contribution in [3.05, 3.63) is 22.8 Å². The topological polar surface area (TPSA) is 245 Å². The minimum absolute atomic E-state index is 0.0540. The first-order valence-electron chi connectivity index (χ1n) is 20.2. The quantitative estimate of drug-likeness (QED) is 0.109. The number of carbonyl (C=O) groups is 1. The van der Waals surface area contributed by atoms with Gasteiger partial charge in [-0.3, -0.25) is 0 Å². The lowest BCUT2D eigenvalue weighted by Crippen LogP contribution is -2.62. The van der Waals surface area contributed by atoms with E-state index in [0.29, 0.717) is 36.2 Å². The molecular formula is C40H62O15. The molecule has 5 fully saturated rings. The van der Waals surface area contributed by atoms with Crippen molar-refractivity contribution in [1.82, 2.24) is 0 Å². The molecule has 3 aliphatic heterocycles. The zero-order valence-corrected chi connectivity index (χ0v) is 32.2. The van der Waals surface area contributed by atoms with Gasteiger partial charge in [-0.2, -0.15) is 0 Å². The Morgan fingerprint density at radius 2 is 1.53 bits per heavy atom. The van der Waals surface area contributed by atoms with Crippen LogP contribution in [-0.2, 0) is 28.5 Å². The summed E-state index contributed by atoms with van der Waals surface area (Å²) in [5.41, 5.74) is 1.96. The fourth-order valence-electron chi connectivity index (χ4n) is 12.0. The third-order valence-electron chi connectivity index (χ3n) is 15.5. The van der Waals surface area contributed by atoms with Gasteiger partial charge in [-0.25, -0.2) is 4.79 Å². The maximum atomic E-state index is 12.7.